The van der Waals surface area contributed by atoms with Gasteiger partial charge in [-0.1, -0.05) is 6.92 Å². The average molecular weight is 307 g/mol. The number of aromatic nitrogens is 2. The van der Waals surface area contributed by atoms with Gasteiger partial charge in [-0.05, 0) is 13.3 Å². The van der Waals surface area contributed by atoms with Crippen LogP contribution in [0.1, 0.15) is 20.3 Å². The normalized spacial score (nSPS) is 11.3. The molecule has 1 rings (SSSR count). The lowest BCUT2D eigenvalue weighted by Gasteiger charge is -2.24. The monoisotopic (exact) mass is 307 g/mol. The van der Waals surface area contributed by atoms with Crippen LogP contribution < -0.4 is 10.2 Å². The first-order valence-electron chi connectivity index (χ1n) is 6.35. The smallest absolute Gasteiger partial charge is 0.354 e. The maximum atomic E-state index is 12.6. The summed E-state index contributed by atoms with van der Waals surface area (Å²) in [7, 11) is 0. The van der Waals surface area contributed by atoms with Crippen LogP contribution in [0.2, 0.25) is 0 Å². The Kier molecular flexibility index (Phi) is 5.68. The number of nitrogens with zero attached hydrogens (tertiary/aromatic N) is 4. The second-order valence-corrected chi connectivity index (χ2v) is 4.23. The molecule has 1 N–H and O–H groups in total. The van der Waals surface area contributed by atoms with E-state index >= 15 is 0 Å². The number of anilines is 2. The number of halogens is 3. The molecule has 0 unspecified atom stereocenters. The van der Waals surface area contributed by atoms with E-state index in [2.05, 4.69) is 15.3 Å². The highest BCUT2D eigenvalue weighted by atomic mass is 19.4. The minimum Gasteiger partial charge on any atom is -0.354 e. The average Bonchev–Trinajstić information content (AvgIpc) is 2.36. The Labute approximate surface area is 119 Å². The van der Waals surface area contributed by atoms with Gasteiger partial charge >= 0.3 is 11.9 Å². The molecule has 21 heavy (non-hydrogen) atoms. The molecule has 10 heteroatoms. The third kappa shape index (κ3) is 5.04. The van der Waals surface area contributed by atoms with Crippen molar-refractivity contribution in [3.63, 3.8) is 0 Å². The van der Waals surface area contributed by atoms with Crippen molar-refractivity contribution in [2.45, 2.75) is 26.4 Å². The maximum absolute atomic E-state index is 12.6. The molecule has 0 saturated carbocycles. The Hall–Kier alpha value is -2.13. The summed E-state index contributed by atoms with van der Waals surface area (Å²) in [6, 6.07) is 0. The first kappa shape index (κ1) is 16.9. The molecule has 0 fully saturated rings. The van der Waals surface area contributed by atoms with Crippen LogP contribution in [0, 0.1) is 10.1 Å². The molecule has 0 spiro atoms. The highest BCUT2D eigenvalue weighted by molar-refractivity contribution is 5.59. The molecule has 0 aliphatic carbocycles. The van der Waals surface area contributed by atoms with Gasteiger partial charge in [0, 0.05) is 13.1 Å². The Morgan fingerprint density at radius 1 is 1.43 bits per heavy atom. The van der Waals surface area contributed by atoms with E-state index in [1.165, 1.54) is 0 Å². The van der Waals surface area contributed by atoms with Crippen LogP contribution in [0.5, 0.6) is 0 Å². The van der Waals surface area contributed by atoms with Crippen LogP contribution in [0.15, 0.2) is 6.20 Å². The summed E-state index contributed by atoms with van der Waals surface area (Å²) >= 11 is 0. The van der Waals surface area contributed by atoms with E-state index in [0.717, 1.165) is 11.1 Å². The summed E-state index contributed by atoms with van der Waals surface area (Å²) in [5.74, 6) is -0.272. The van der Waals surface area contributed by atoms with Gasteiger partial charge in [-0.3, -0.25) is 10.1 Å². The van der Waals surface area contributed by atoms with Crippen LogP contribution in [-0.2, 0) is 0 Å². The summed E-state index contributed by atoms with van der Waals surface area (Å²) in [6.45, 7) is 2.59. The quantitative estimate of drug-likeness (QED) is 0.615. The molecule has 1 aromatic heterocycles. The molecular formula is C11H16F3N5O2. The van der Waals surface area contributed by atoms with Crippen LogP contribution in [-0.4, -0.2) is 40.7 Å². The number of nitro groups is 1. The number of rotatable bonds is 7. The van der Waals surface area contributed by atoms with Gasteiger partial charge in [0.15, 0.2) is 0 Å². The molecule has 0 aliphatic heterocycles. The second-order valence-electron chi connectivity index (χ2n) is 4.23. The SMILES string of the molecule is CCCN(CC(F)(F)F)c1nc(NCC)ncc1[N+](=O)[O-]. The van der Waals surface area contributed by atoms with Crippen molar-refractivity contribution in [2.75, 3.05) is 29.9 Å². The highest BCUT2D eigenvalue weighted by Crippen LogP contribution is 2.29. The summed E-state index contributed by atoms with van der Waals surface area (Å²) in [6.07, 6.45) is -3.17. The molecule has 0 radical (unpaired) electrons. The van der Waals surface area contributed by atoms with E-state index in [9.17, 15) is 23.3 Å². The summed E-state index contributed by atoms with van der Waals surface area (Å²) in [4.78, 5) is 18.6. The van der Waals surface area contributed by atoms with E-state index in [1.54, 1.807) is 13.8 Å². The van der Waals surface area contributed by atoms with Gasteiger partial charge in [-0.25, -0.2) is 4.98 Å². The Morgan fingerprint density at radius 2 is 2.10 bits per heavy atom. The van der Waals surface area contributed by atoms with E-state index in [1.807, 2.05) is 0 Å². The van der Waals surface area contributed by atoms with Crippen molar-refractivity contribution in [2.24, 2.45) is 0 Å². The predicted molar refractivity (Wildman–Crippen MR) is 71.4 cm³/mol. The Morgan fingerprint density at radius 3 is 2.57 bits per heavy atom. The minimum atomic E-state index is -4.48. The molecule has 0 saturated heterocycles. The van der Waals surface area contributed by atoms with E-state index in [0.29, 0.717) is 13.0 Å². The van der Waals surface area contributed by atoms with Crippen molar-refractivity contribution < 1.29 is 18.1 Å². The zero-order valence-corrected chi connectivity index (χ0v) is 11.6. The fourth-order valence-electron chi connectivity index (χ4n) is 1.72. The van der Waals surface area contributed by atoms with Gasteiger partial charge in [0.05, 0.1) is 4.92 Å². The summed E-state index contributed by atoms with van der Waals surface area (Å²) in [5.41, 5.74) is -0.547. The number of hydrogen-bond acceptors (Lipinski definition) is 6. The van der Waals surface area contributed by atoms with Gasteiger partial charge < -0.3 is 10.2 Å². The molecule has 0 aliphatic rings. The van der Waals surface area contributed by atoms with Crippen LogP contribution >= 0.6 is 0 Å². The van der Waals surface area contributed by atoms with E-state index < -0.39 is 23.3 Å². The molecule has 7 nitrogen and oxygen atoms in total. The van der Waals surface area contributed by atoms with Gasteiger partial charge in [0.25, 0.3) is 0 Å². The first-order valence-corrected chi connectivity index (χ1v) is 6.35. The topological polar surface area (TPSA) is 84.2 Å². The predicted octanol–water partition coefficient (Wildman–Crippen LogP) is 2.60. The van der Waals surface area contributed by atoms with Crippen molar-refractivity contribution in [1.82, 2.24) is 9.97 Å². The van der Waals surface area contributed by atoms with Crippen molar-refractivity contribution in [3.05, 3.63) is 16.3 Å². The van der Waals surface area contributed by atoms with Crippen LogP contribution in [0.25, 0.3) is 0 Å². The van der Waals surface area contributed by atoms with Crippen molar-refractivity contribution >= 4 is 17.5 Å². The van der Waals surface area contributed by atoms with Crippen molar-refractivity contribution in [1.29, 1.82) is 0 Å². The fraction of sp³-hybridized carbons (Fsp3) is 0.636. The fourth-order valence-corrected chi connectivity index (χ4v) is 1.72. The standard InChI is InChI=1S/C11H16F3N5O2/c1-3-5-18(7-11(12,13)14)9-8(19(20)21)6-16-10(17-9)15-4-2/h6H,3-5,7H2,1-2H3,(H,15,16,17). The van der Waals surface area contributed by atoms with Gasteiger partial charge in [-0.2, -0.15) is 18.2 Å². The highest BCUT2D eigenvalue weighted by Gasteiger charge is 2.34. The third-order valence-corrected chi connectivity index (χ3v) is 2.44. The lowest BCUT2D eigenvalue weighted by atomic mass is 10.3. The molecule has 0 bridgehead atoms. The molecule has 1 heterocycles. The van der Waals surface area contributed by atoms with Crippen molar-refractivity contribution in [3.8, 4) is 0 Å². The molecule has 0 amide bonds. The minimum absolute atomic E-state index is 0.00291. The number of nitrogens with one attached hydrogen (secondary N) is 1. The van der Waals surface area contributed by atoms with Crippen LogP contribution in [0.3, 0.4) is 0 Å². The van der Waals surface area contributed by atoms with Crippen LogP contribution in [0.4, 0.5) is 30.6 Å². The molecule has 1 aromatic rings. The molecule has 0 atom stereocenters. The largest absolute Gasteiger partial charge is 0.405 e. The second kappa shape index (κ2) is 7.04. The number of hydrogen-bond donors (Lipinski definition) is 1. The Balaban J connectivity index is 3.24. The van der Waals surface area contributed by atoms with E-state index in [4.69, 9.17) is 0 Å². The maximum Gasteiger partial charge on any atom is 0.405 e. The van der Waals surface area contributed by atoms with Gasteiger partial charge in [-0.15, -0.1) is 0 Å². The summed E-state index contributed by atoms with van der Waals surface area (Å²) in [5, 5.41) is 13.7. The lowest BCUT2D eigenvalue weighted by molar-refractivity contribution is -0.384. The molecular weight excluding hydrogens is 291 g/mol. The number of alkyl halides is 3. The lowest BCUT2D eigenvalue weighted by Crippen LogP contribution is -2.36. The molecule has 0 aromatic carbocycles. The molecule has 118 valence electrons. The zero-order chi connectivity index (χ0) is 16.0. The Bertz CT molecular complexity index is 495. The third-order valence-electron chi connectivity index (χ3n) is 2.44. The zero-order valence-electron chi connectivity index (χ0n) is 11.6. The van der Waals surface area contributed by atoms with E-state index in [-0.39, 0.29) is 18.3 Å². The van der Waals surface area contributed by atoms with Gasteiger partial charge in [0.1, 0.15) is 12.7 Å². The first-order chi connectivity index (χ1) is 9.78. The summed E-state index contributed by atoms with van der Waals surface area (Å²) < 4.78 is 37.9. The van der Waals surface area contributed by atoms with Gasteiger partial charge in [0.2, 0.25) is 11.8 Å².